The van der Waals surface area contributed by atoms with Crippen LogP contribution >= 0.6 is 11.6 Å². The Bertz CT molecular complexity index is 315. The lowest BCUT2D eigenvalue weighted by molar-refractivity contribution is 0.140. The molecule has 1 atom stereocenters. The molecule has 0 bridgehead atoms. The van der Waals surface area contributed by atoms with Gasteiger partial charge < -0.3 is 0 Å². The summed E-state index contributed by atoms with van der Waals surface area (Å²) in [5.74, 6) is -4.01. The Morgan fingerprint density at radius 3 is 1.79 bits per heavy atom. The molecule has 0 aliphatic rings. The van der Waals surface area contributed by atoms with Crippen LogP contribution in [0.1, 0.15) is 10.9 Å². The van der Waals surface area contributed by atoms with Gasteiger partial charge >= 0.3 is 0 Å². The van der Waals surface area contributed by atoms with E-state index in [-0.39, 0.29) is 0 Å². The maximum absolute atomic E-state index is 12.8. The highest BCUT2D eigenvalue weighted by atomic mass is 35.5. The first kappa shape index (κ1) is 11.2. The fourth-order valence-corrected chi connectivity index (χ4v) is 1.15. The predicted molar refractivity (Wildman–Crippen MR) is 40.9 cm³/mol. The first-order valence-electron chi connectivity index (χ1n) is 3.50. The van der Waals surface area contributed by atoms with Crippen molar-refractivity contribution in [3.05, 3.63) is 35.1 Å². The molecule has 0 amide bonds. The van der Waals surface area contributed by atoms with Crippen molar-refractivity contribution >= 4 is 11.6 Å². The highest BCUT2D eigenvalue weighted by Gasteiger charge is 2.26. The summed E-state index contributed by atoms with van der Waals surface area (Å²) in [5, 5.41) is -2.12. The van der Waals surface area contributed by atoms with E-state index in [1.165, 1.54) is 0 Å². The van der Waals surface area contributed by atoms with E-state index >= 15 is 0 Å². The van der Waals surface area contributed by atoms with Crippen molar-refractivity contribution < 1.29 is 22.0 Å². The SMILES string of the molecule is Fc1cc(F)c(C(Cl)C(F)F)c(F)c1. The van der Waals surface area contributed by atoms with Crippen molar-refractivity contribution in [1.82, 2.24) is 0 Å². The quantitative estimate of drug-likeness (QED) is 0.537. The van der Waals surface area contributed by atoms with Crippen LogP contribution in [0.15, 0.2) is 12.1 Å². The number of rotatable bonds is 2. The smallest absolute Gasteiger partial charge is 0.208 e. The molecule has 0 nitrogen and oxygen atoms in total. The number of halogens is 6. The maximum Gasteiger partial charge on any atom is 0.259 e. The van der Waals surface area contributed by atoms with Crippen LogP contribution in [0.4, 0.5) is 22.0 Å². The lowest BCUT2D eigenvalue weighted by Crippen LogP contribution is -2.07. The molecule has 6 heteroatoms. The largest absolute Gasteiger partial charge is 0.259 e. The average Bonchev–Trinajstić information content (AvgIpc) is 2.01. The molecule has 0 N–H and O–H groups in total. The first-order valence-corrected chi connectivity index (χ1v) is 3.93. The van der Waals surface area contributed by atoms with Crippen molar-refractivity contribution in [3.8, 4) is 0 Å². The summed E-state index contributed by atoms with van der Waals surface area (Å²) in [4.78, 5) is 0. The summed E-state index contributed by atoms with van der Waals surface area (Å²) in [6, 6.07) is 0.604. The second kappa shape index (κ2) is 4.13. The lowest BCUT2D eigenvalue weighted by Gasteiger charge is -2.10. The van der Waals surface area contributed by atoms with Gasteiger partial charge in [-0.05, 0) is 0 Å². The van der Waals surface area contributed by atoms with Crippen LogP contribution in [0.5, 0.6) is 0 Å². The molecule has 0 spiro atoms. The van der Waals surface area contributed by atoms with E-state index in [2.05, 4.69) is 0 Å². The average molecular weight is 231 g/mol. The van der Waals surface area contributed by atoms with Gasteiger partial charge in [0, 0.05) is 17.7 Å². The molecule has 0 saturated carbocycles. The summed E-state index contributed by atoms with van der Waals surface area (Å²) in [6.07, 6.45) is -3.12. The molecular weight excluding hydrogens is 227 g/mol. The van der Waals surface area contributed by atoms with Gasteiger partial charge in [0.05, 0.1) is 0 Å². The zero-order valence-corrected chi connectivity index (χ0v) is 7.33. The minimum Gasteiger partial charge on any atom is -0.208 e. The fraction of sp³-hybridized carbons (Fsp3) is 0.250. The third kappa shape index (κ3) is 2.15. The number of hydrogen-bond acceptors (Lipinski definition) is 0. The van der Waals surface area contributed by atoms with Gasteiger partial charge in [-0.3, -0.25) is 0 Å². The third-order valence-electron chi connectivity index (χ3n) is 1.54. The van der Waals surface area contributed by atoms with Gasteiger partial charge in [0.1, 0.15) is 22.8 Å². The van der Waals surface area contributed by atoms with E-state index in [1.54, 1.807) is 0 Å². The Balaban J connectivity index is 3.20. The van der Waals surface area contributed by atoms with Crippen LogP contribution in [0.2, 0.25) is 0 Å². The molecule has 1 aromatic rings. The minimum absolute atomic E-state index is 0.302. The first-order chi connectivity index (χ1) is 6.43. The zero-order chi connectivity index (χ0) is 10.9. The predicted octanol–water partition coefficient (Wildman–Crippen LogP) is 3.65. The fourth-order valence-electron chi connectivity index (χ4n) is 0.943. The zero-order valence-electron chi connectivity index (χ0n) is 6.58. The second-order valence-electron chi connectivity index (χ2n) is 2.52. The number of benzene rings is 1. The van der Waals surface area contributed by atoms with Gasteiger partial charge in [0.2, 0.25) is 0 Å². The van der Waals surface area contributed by atoms with Gasteiger partial charge in [-0.1, -0.05) is 0 Å². The molecule has 14 heavy (non-hydrogen) atoms. The number of alkyl halides is 3. The van der Waals surface area contributed by atoms with Crippen LogP contribution in [0.3, 0.4) is 0 Å². The normalized spacial score (nSPS) is 13.4. The molecule has 0 aromatic heterocycles. The lowest BCUT2D eigenvalue weighted by atomic mass is 10.1. The topological polar surface area (TPSA) is 0 Å². The Morgan fingerprint density at radius 2 is 1.43 bits per heavy atom. The molecule has 78 valence electrons. The van der Waals surface area contributed by atoms with E-state index in [9.17, 15) is 22.0 Å². The van der Waals surface area contributed by atoms with E-state index < -0.39 is 34.8 Å². The number of hydrogen-bond donors (Lipinski definition) is 0. The van der Waals surface area contributed by atoms with Crippen LogP contribution < -0.4 is 0 Å². The molecule has 1 rings (SSSR count). The summed E-state index contributed by atoms with van der Waals surface area (Å²) >= 11 is 5.05. The van der Waals surface area contributed by atoms with Gasteiger partial charge in [0.25, 0.3) is 6.43 Å². The minimum atomic E-state index is -3.12. The highest BCUT2D eigenvalue weighted by molar-refractivity contribution is 6.21. The summed E-state index contributed by atoms with van der Waals surface area (Å²) in [7, 11) is 0. The van der Waals surface area contributed by atoms with Crippen LogP contribution in [-0.4, -0.2) is 6.43 Å². The molecule has 1 aromatic carbocycles. The molecule has 1 unspecified atom stereocenters. The molecule has 0 heterocycles. The monoisotopic (exact) mass is 230 g/mol. The molecule has 0 aliphatic heterocycles. The van der Waals surface area contributed by atoms with E-state index in [0.29, 0.717) is 12.1 Å². The summed E-state index contributed by atoms with van der Waals surface area (Å²) < 4.78 is 62.0. The van der Waals surface area contributed by atoms with Crippen molar-refractivity contribution in [1.29, 1.82) is 0 Å². The van der Waals surface area contributed by atoms with E-state index in [0.717, 1.165) is 0 Å². The molecule has 0 aliphatic carbocycles. The maximum atomic E-state index is 12.8. The second-order valence-corrected chi connectivity index (χ2v) is 2.99. The standard InChI is InChI=1S/C8H4ClF5/c9-7(8(13)14)6-4(11)1-3(10)2-5(6)12/h1-2,7-8H. The molecular formula is C8H4ClF5. The van der Waals surface area contributed by atoms with Gasteiger partial charge in [-0.2, -0.15) is 0 Å². The van der Waals surface area contributed by atoms with Gasteiger partial charge in [0.15, 0.2) is 0 Å². The molecule has 0 saturated heterocycles. The Morgan fingerprint density at radius 1 is 1.00 bits per heavy atom. The summed E-state index contributed by atoms with van der Waals surface area (Å²) in [5.41, 5.74) is -1.01. The van der Waals surface area contributed by atoms with Crippen LogP contribution in [0.25, 0.3) is 0 Å². The molecule has 0 fully saturated rings. The highest BCUT2D eigenvalue weighted by Crippen LogP contribution is 2.31. The van der Waals surface area contributed by atoms with Crippen LogP contribution in [-0.2, 0) is 0 Å². The van der Waals surface area contributed by atoms with Gasteiger partial charge in [-0.25, -0.2) is 22.0 Å². The van der Waals surface area contributed by atoms with Crippen molar-refractivity contribution in [3.63, 3.8) is 0 Å². The van der Waals surface area contributed by atoms with Crippen molar-refractivity contribution in [2.24, 2.45) is 0 Å². The Labute approximate surface area is 81.3 Å². The van der Waals surface area contributed by atoms with Crippen molar-refractivity contribution in [2.45, 2.75) is 11.8 Å². The Kier molecular flexibility index (Phi) is 3.31. The third-order valence-corrected chi connectivity index (χ3v) is 1.95. The van der Waals surface area contributed by atoms with E-state index in [1.807, 2.05) is 0 Å². The molecule has 0 radical (unpaired) electrons. The van der Waals surface area contributed by atoms with Crippen LogP contribution in [0, 0.1) is 17.5 Å². The van der Waals surface area contributed by atoms with E-state index in [4.69, 9.17) is 11.6 Å². The van der Waals surface area contributed by atoms with Crippen molar-refractivity contribution in [2.75, 3.05) is 0 Å². The summed E-state index contributed by atoms with van der Waals surface area (Å²) in [6.45, 7) is 0. The Hall–Kier alpha value is -0.840. The van der Waals surface area contributed by atoms with Gasteiger partial charge in [-0.15, -0.1) is 11.6 Å².